The Labute approximate surface area is 178 Å². The number of carbonyl (C=O) groups is 1. The van der Waals surface area contributed by atoms with Crippen LogP contribution in [0.3, 0.4) is 0 Å². The number of halogens is 1. The summed E-state index contributed by atoms with van der Waals surface area (Å²) in [6, 6.07) is 7.37. The first-order valence-electron chi connectivity index (χ1n) is 9.01. The van der Waals surface area contributed by atoms with Crippen LogP contribution < -0.4 is 5.32 Å². The smallest absolute Gasteiger partial charge is 0.233 e. The van der Waals surface area contributed by atoms with Crippen LogP contribution >= 0.6 is 46.9 Å². The van der Waals surface area contributed by atoms with E-state index in [-0.39, 0.29) is 11.2 Å². The van der Waals surface area contributed by atoms with E-state index >= 15 is 0 Å². The average molecular weight is 440 g/mol. The van der Waals surface area contributed by atoms with Gasteiger partial charge in [0.1, 0.15) is 0 Å². The van der Waals surface area contributed by atoms with E-state index in [0.29, 0.717) is 15.5 Å². The Morgan fingerprint density at radius 3 is 2.89 bits per heavy atom. The first-order chi connectivity index (χ1) is 13.0. The van der Waals surface area contributed by atoms with E-state index in [9.17, 15) is 4.79 Å². The number of hydrogen-bond donors (Lipinski definition) is 1. The Morgan fingerprint density at radius 2 is 2.19 bits per heavy atom. The number of benzene rings is 1. The van der Waals surface area contributed by atoms with Gasteiger partial charge in [-0.1, -0.05) is 46.3 Å². The van der Waals surface area contributed by atoms with E-state index < -0.39 is 0 Å². The molecule has 1 aromatic carbocycles. The maximum atomic E-state index is 12.4. The Kier molecular flexibility index (Phi) is 7.52. The van der Waals surface area contributed by atoms with Crippen LogP contribution in [-0.2, 0) is 4.79 Å². The summed E-state index contributed by atoms with van der Waals surface area (Å²) in [4.78, 5) is 12.4. The third kappa shape index (κ3) is 5.91. The van der Waals surface area contributed by atoms with Gasteiger partial charge in [0.05, 0.1) is 10.9 Å². The topological polar surface area (TPSA) is 46.9 Å². The predicted octanol–water partition coefficient (Wildman–Crippen LogP) is 5.80. The van der Waals surface area contributed by atoms with Crippen LogP contribution in [0.25, 0.3) is 5.69 Å². The molecule has 4 nitrogen and oxygen atoms in total. The summed E-state index contributed by atoms with van der Waals surface area (Å²) in [6.07, 6.45) is 8.19. The fraction of sp³-hybridized carbons (Fsp3) is 0.421. The molecule has 1 heterocycles. The first kappa shape index (κ1) is 20.6. The molecule has 1 aromatic heterocycles. The molecule has 1 aliphatic rings. The van der Waals surface area contributed by atoms with Crippen molar-refractivity contribution in [1.29, 1.82) is 0 Å². The standard InChI is InChI=1S/C19H22ClN3OS3/c1-13(17(24)21-12-11-14-5-3-2-4-6-14)26-18-22-23(19(25)27-18)16-9-7-15(20)8-10-16/h5,7-10,13H,2-4,6,11-12H2,1H3,(H,21,24). The molecule has 1 unspecified atom stereocenters. The van der Waals surface area contributed by atoms with E-state index in [0.717, 1.165) is 16.4 Å². The molecule has 0 spiro atoms. The van der Waals surface area contributed by atoms with Gasteiger partial charge in [-0.05, 0) is 75.5 Å². The maximum Gasteiger partial charge on any atom is 0.233 e. The Balaban J connectivity index is 1.54. The average Bonchev–Trinajstić information content (AvgIpc) is 3.03. The summed E-state index contributed by atoms with van der Waals surface area (Å²) in [5.41, 5.74) is 2.34. The van der Waals surface area contributed by atoms with Crippen molar-refractivity contribution in [1.82, 2.24) is 15.1 Å². The SMILES string of the molecule is CC(Sc1nn(-c2ccc(Cl)cc2)c(=S)s1)C(=O)NCCC1=CCCCC1. The van der Waals surface area contributed by atoms with Gasteiger partial charge < -0.3 is 5.32 Å². The van der Waals surface area contributed by atoms with E-state index in [1.54, 1.807) is 4.68 Å². The number of carbonyl (C=O) groups excluding carboxylic acids is 1. The second-order valence-electron chi connectivity index (χ2n) is 6.43. The second kappa shape index (κ2) is 9.87. The highest BCUT2D eigenvalue weighted by Crippen LogP contribution is 2.28. The van der Waals surface area contributed by atoms with Crippen LogP contribution in [0.1, 0.15) is 39.0 Å². The molecule has 27 heavy (non-hydrogen) atoms. The monoisotopic (exact) mass is 439 g/mol. The van der Waals surface area contributed by atoms with Gasteiger partial charge in [0.15, 0.2) is 8.29 Å². The zero-order valence-electron chi connectivity index (χ0n) is 15.1. The van der Waals surface area contributed by atoms with Crippen molar-refractivity contribution in [2.24, 2.45) is 0 Å². The van der Waals surface area contributed by atoms with Crippen LogP contribution in [0.5, 0.6) is 0 Å². The minimum absolute atomic E-state index is 0.0376. The van der Waals surface area contributed by atoms with E-state index in [4.69, 9.17) is 23.8 Å². The zero-order valence-corrected chi connectivity index (χ0v) is 18.3. The number of nitrogens with one attached hydrogen (secondary N) is 1. The van der Waals surface area contributed by atoms with Crippen molar-refractivity contribution in [3.8, 4) is 5.69 Å². The largest absolute Gasteiger partial charge is 0.355 e. The minimum Gasteiger partial charge on any atom is -0.355 e. The normalized spacial score (nSPS) is 15.3. The predicted molar refractivity (Wildman–Crippen MR) is 117 cm³/mol. The van der Waals surface area contributed by atoms with Crippen molar-refractivity contribution in [3.63, 3.8) is 0 Å². The lowest BCUT2D eigenvalue weighted by atomic mass is 9.97. The zero-order chi connectivity index (χ0) is 19.2. The van der Waals surface area contributed by atoms with Crippen LogP contribution in [0.2, 0.25) is 5.02 Å². The number of nitrogens with zero attached hydrogens (tertiary/aromatic N) is 2. The summed E-state index contributed by atoms with van der Waals surface area (Å²) in [6.45, 7) is 2.60. The van der Waals surface area contributed by atoms with Crippen LogP contribution in [-0.4, -0.2) is 27.5 Å². The first-order valence-corrected chi connectivity index (χ1v) is 11.5. The number of thioether (sulfide) groups is 1. The quantitative estimate of drug-likeness (QED) is 0.336. The molecule has 144 valence electrons. The minimum atomic E-state index is -0.218. The van der Waals surface area contributed by atoms with Gasteiger partial charge in [0.2, 0.25) is 5.91 Å². The molecule has 0 saturated carbocycles. The van der Waals surface area contributed by atoms with Crippen molar-refractivity contribution >= 4 is 52.8 Å². The molecule has 1 amide bonds. The molecule has 1 N–H and O–H groups in total. The lowest BCUT2D eigenvalue weighted by molar-refractivity contribution is -0.120. The summed E-state index contributed by atoms with van der Waals surface area (Å²) in [5, 5.41) is 8.04. The highest BCUT2D eigenvalue weighted by Gasteiger charge is 2.17. The van der Waals surface area contributed by atoms with Gasteiger partial charge >= 0.3 is 0 Å². The lowest BCUT2D eigenvalue weighted by Crippen LogP contribution is -2.31. The van der Waals surface area contributed by atoms with Gasteiger partial charge in [0.25, 0.3) is 0 Å². The molecule has 1 atom stereocenters. The molecule has 2 aromatic rings. The number of aromatic nitrogens is 2. The molecule has 3 rings (SSSR count). The van der Waals surface area contributed by atoms with E-state index in [2.05, 4.69) is 16.5 Å². The summed E-state index contributed by atoms with van der Waals surface area (Å²) in [5.74, 6) is 0.0376. The Bertz CT molecular complexity index is 873. The molecule has 0 radical (unpaired) electrons. The van der Waals surface area contributed by atoms with Gasteiger partial charge in [-0.3, -0.25) is 4.79 Å². The highest BCUT2D eigenvalue weighted by atomic mass is 35.5. The van der Waals surface area contributed by atoms with Crippen molar-refractivity contribution in [2.75, 3.05) is 6.54 Å². The molecule has 0 aliphatic heterocycles. The van der Waals surface area contributed by atoms with Crippen molar-refractivity contribution in [3.05, 3.63) is 44.9 Å². The Hall–Kier alpha value is -1.15. The van der Waals surface area contributed by atoms with Crippen molar-refractivity contribution in [2.45, 2.75) is 48.6 Å². The van der Waals surface area contributed by atoms with E-state index in [1.165, 1.54) is 54.4 Å². The Morgan fingerprint density at radius 1 is 1.41 bits per heavy atom. The molecule has 0 bridgehead atoms. The van der Waals surface area contributed by atoms with Crippen LogP contribution in [0.15, 0.2) is 40.3 Å². The maximum absolute atomic E-state index is 12.4. The number of hydrogen-bond acceptors (Lipinski definition) is 5. The summed E-state index contributed by atoms with van der Waals surface area (Å²) >= 11 is 14.2. The fourth-order valence-electron chi connectivity index (χ4n) is 2.88. The summed E-state index contributed by atoms with van der Waals surface area (Å²) < 4.78 is 3.14. The van der Waals surface area contributed by atoms with E-state index in [1.807, 2.05) is 31.2 Å². The van der Waals surface area contributed by atoms with Gasteiger partial charge in [-0.2, -0.15) is 0 Å². The third-order valence-electron chi connectivity index (χ3n) is 4.38. The molecule has 0 saturated heterocycles. The number of allylic oxidation sites excluding steroid dienone is 1. The van der Waals surface area contributed by atoms with Gasteiger partial charge in [-0.15, -0.1) is 5.10 Å². The van der Waals surface area contributed by atoms with Crippen LogP contribution in [0, 0.1) is 3.95 Å². The molecule has 0 fully saturated rings. The lowest BCUT2D eigenvalue weighted by Gasteiger charge is -2.14. The molecular weight excluding hydrogens is 418 g/mol. The molecular formula is C19H22ClN3OS3. The fourth-order valence-corrected chi connectivity index (χ4v) is 5.54. The van der Waals surface area contributed by atoms with Crippen LogP contribution in [0.4, 0.5) is 0 Å². The van der Waals surface area contributed by atoms with Gasteiger partial charge in [0, 0.05) is 11.6 Å². The van der Waals surface area contributed by atoms with Gasteiger partial charge in [-0.25, -0.2) is 4.68 Å². The third-order valence-corrected chi connectivity index (χ3v) is 7.05. The molecule has 8 heteroatoms. The van der Waals surface area contributed by atoms with Crippen molar-refractivity contribution < 1.29 is 4.79 Å². The number of amides is 1. The second-order valence-corrected chi connectivity index (χ2v) is 10.1. The summed E-state index contributed by atoms with van der Waals surface area (Å²) in [7, 11) is 0. The molecule has 1 aliphatic carbocycles. The number of rotatable bonds is 7. The highest BCUT2D eigenvalue weighted by molar-refractivity contribution is 8.02.